The summed E-state index contributed by atoms with van der Waals surface area (Å²) in [7, 11) is 1.58. The molecule has 0 saturated carbocycles. The number of nitriles is 1. The Bertz CT molecular complexity index is 1360. The zero-order chi connectivity index (χ0) is 21.1. The average molecular weight is 398 g/mol. The first kappa shape index (κ1) is 19.2. The van der Waals surface area contributed by atoms with E-state index in [0.29, 0.717) is 22.3 Å². The summed E-state index contributed by atoms with van der Waals surface area (Å²) in [5, 5.41) is 9.36. The van der Waals surface area contributed by atoms with Crippen LogP contribution in [0.5, 0.6) is 5.75 Å². The molecule has 7 heteroatoms. The average Bonchev–Trinajstić information content (AvgIpc) is 2.80. The SMILES string of the molecule is COc1ccc(Cn2c(=O)c3cccnc3n(Cc3ccc(C#N)cc3)c2=O)cc1. The third kappa shape index (κ3) is 3.59. The number of pyridine rings is 1. The molecular formula is C23H18N4O3. The van der Waals surface area contributed by atoms with Gasteiger partial charge in [-0.3, -0.25) is 13.9 Å². The van der Waals surface area contributed by atoms with Crippen LogP contribution < -0.4 is 16.0 Å². The lowest BCUT2D eigenvalue weighted by Gasteiger charge is -2.14. The van der Waals surface area contributed by atoms with E-state index in [2.05, 4.69) is 11.1 Å². The summed E-state index contributed by atoms with van der Waals surface area (Å²) in [5.74, 6) is 0.701. The predicted octanol–water partition coefficient (Wildman–Crippen LogP) is 2.54. The Balaban J connectivity index is 1.83. The molecule has 0 N–H and O–H groups in total. The number of hydrogen-bond acceptors (Lipinski definition) is 5. The van der Waals surface area contributed by atoms with Gasteiger partial charge in [0.2, 0.25) is 0 Å². The summed E-state index contributed by atoms with van der Waals surface area (Å²) < 4.78 is 7.87. The lowest BCUT2D eigenvalue weighted by atomic mass is 10.1. The molecule has 30 heavy (non-hydrogen) atoms. The van der Waals surface area contributed by atoms with Gasteiger partial charge in [-0.25, -0.2) is 9.78 Å². The molecule has 0 spiro atoms. The number of rotatable bonds is 5. The lowest BCUT2D eigenvalue weighted by Crippen LogP contribution is -2.40. The number of fused-ring (bicyclic) bond motifs is 1. The summed E-state index contributed by atoms with van der Waals surface area (Å²) in [6.07, 6.45) is 1.56. The van der Waals surface area contributed by atoms with Crippen LogP contribution in [0.2, 0.25) is 0 Å². The van der Waals surface area contributed by atoms with Crippen LogP contribution in [-0.4, -0.2) is 21.2 Å². The van der Waals surface area contributed by atoms with E-state index in [-0.39, 0.29) is 18.6 Å². The largest absolute Gasteiger partial charge is 0.497 e. The van der Waals surface area contributed by atoms with Crippen molar-refractivity contribution in [1.82, 2.24) is 14.1 Å². The molecule has 0 aliphatic rings. The van der Waals surface area contributed by atoms with E-state index in [1.165, 1.54) is 9.13 Å². The van der Waals surface area contributed by atoms with Crippen molar-refractivity contribution in [3.63, 3.8) is 0 Å². The molecule has 2 heterocycles. The minimum absolute atomic E-state index is 0.139. The number of aromatic nitrogens is 3. The fraction of sp³-hybridized carbons (Fsp3) is 0.130. The lowest BCUT2D eigenvalue weighted by molar-refractivity contribution is 0.414. The molecule has 0 radical (unpaired) electrons. The highest BCUT2D eigenvalue weighted by molar-refractivity contribution is 5.73. The van der Waals surface area contributed by atoms with Gasteiger partial charge in [-0.15, -0.1) is 0 Å². The fourth-order valence-corrected chi connectivity index (χ4v) is 3.31. The minimum atomic E-state index is -0.439. The van der Waals surface area contributed by atoms with Crippen LogP contribution in [0.25, 0.3) is 11.0 Å². The topological polar surface area (TPSA) is 89.9 Å². The monoisotopic (exact) mass is 398 g/mol. The first-order chi connectivity index (χ1) is 14.6. The highest BCUT2D eigenvalue weighted by Crippen LogP contribution is 2.13. The van der Waals surface area contributed by atoms with Crippen LogP contribution in [0, 0.1) is 11.3 Å². The summed E-state index contributed by atoms with van der Waals surface area (Å²) >= 11 is 0. The second-order valence-corrected chi connectivity index (χ2v) is 6.79. The molecule has 0 bridgehead atoms. The summed E-state index contributed by atoms with van der Waals surface area (Å²) in [6.45, 7) is 0.376. The first-order valence-corrected chi connectivity index (χ1v) is 9.31. The van der Waals surface area contributed by atoms with Crippen LogP contribution in [0.1, 0.15) is 16.7 Å². The zero-order valence-corrected chi connectivity index (χ0v) is 16.3. The molecule has 0 unspecified atom stereocenters. The van der Waals surface area contributed by atoms with Crippen molar-refractivity contribution >= 4 is 11.0 Å². The number of benzene rings is 2. The molecule has 7 nitrogen and oxygen atoms in total. The minimum Gasteiger partial charge on any atom is -0.497 e. The third-order valence-electron chi connectivity index (χ3n) is 4.90. The van der Waals surface area contributed by atoms with Gasteiger partial charge < -0.3 is 4.74 Å². The summed E-state index contributed by atoms with van der Waals surface area (Å²) in [6, 6.07) is 19.6. The Hall–Kier alpha value is -4.18. The van der Waals surface area contributed by atoms with E-state index in [0.717, 1.165) is 11.1 Å². The van der Waals surface area contributed by atoms with Gasteiger partial charge in [-0.1, -0.05) is 24.3 Å². The number of ether oxygens (including phenoxy) is 1. The van der Waals surface area contributed by atoms with E-state index in [9.17, 15) is 9.59 Å². The Morgan fingerprint density at radius 3 is 2.20 bits per heavy atom. The number of hydrogen-bond donors (Lipinski definition) is 0. The van der Waals surface area contributed by atoms with Gasteiger partial charge >= 0.3 is 5.69 Å². The normalized spacial score (nSPS) is 10.7. The van der Waals surface area contributed by atoms with Crippen molar-refractivity contribution in [2.24, 2.45) is 0 Å². The van der Waals surface area contributed by atoms with Crippen molar-refractivity contribution in [3.8, 4) is 11.8 Å². The van der Waals surface area contributed by atoms with Crippen molar-refractivity contribution in [2.45, 2.75) is 13.1 Å². The highest BCUT2D eigenvalue weighted by Gasteiger charge is 2.14. The van der Waals surface area contributed by atoms with E-state index in [1.807, 2.05) is 12.1 Å². The number of nitrogens with zero attached hydrogens (tertiary/aromatic N) is 4. The van der Waals surface area contributed by atoms with Gasteiger partial charge in [-0.05, 0) is 47.5 Å². The van der Waals surface area contributed by atoms with Crippen molar-refractivity contribution in [1.29, 1.82) is 5.26 Å². The Morgan fingerprint density at radius 1 is 0.933 bits per heavy atom. The van der Waals surface area contributed by atoms with E-state index in [4.69, 9.17) is 10.00 Å². The second-order valence-electron chi connectivity index (χ2n) is 6.79. The van der Waals surface area contributed by atoms with Crippen LogP contribution in [-0.2, 0) is 13.1 Å². The molecule has 4 rings (SSSR count). The number of methoxy groups -OCH3 is 1. The molecule has 2 aromatic heterocycles. The van der Waals surface area contributed by atoms with Crippen molar-refractivity contribution in [2.75, 3.05) is 7.11 Å². The van der Waals surface area contributed by atoms with Gasteiger partial charge in [0.1, 0.15) is 11.4 Å². The second kappa shape index (κ2) is 8.05. The third-order valence-corrected chi connectivity index (χ3v) is 4.90. The summed E-state index contributed by atoms with van der Waals surface area (Å²) in [4.78, 5) is 30.6. The zero-order valence-electron chi connectivity index (χ0n) is 16.3. The fourth-order valence-electron chi connectivity index (χ4n) is 3.31. The van der Waals surface area contributed by atoms with E-state index in [1.54, 1.807) is 61.8 Å². The molecule has 0 aliphatic carbocycles. The van der Waals surface area contributed by atoms with Crippen LogP contribution in [0.4, 0.5) is 0 Å². The smallest absolute Gasteiger partial charge is 0.333 e. The van der Waals surface area contributed by atoms with Crippen molar-refractivity contribution < 1.29 is 4.74 Å². The molecule has 4 aromatic rings. The van der Waals surface area contributed by atoms with Crippen LogP contribution >= 0.6 is 0 Å². The summed E-state index contributed by atoms with van der Waals surface area (Å²) in [5.41, 5.74) is 1.70. The van der Waals surface area contributed by atoms with Gasteiger partial charge in [0, 0.05) is 6.20 Å². The van der Waals surface area contributed by atoms with Crippen molar-refractivity contribution in [3.05, 3.63) is 104 Å². The maximum absolute atomic E-state index is 13.3. The molecule has 0 aliphatic heterocycles. The van der Waals surface area contributed by atoms with E-state index < -0.39 is 5.69 Å². The highest BCUT2D eigenvalue weighted by atomic mass is 16.5. The molecule has 2 aromatic carbocycles. The maximum Gasteiger partial charge on any atom is 0.333 e. The first-order valence-electron chi connectivity index (χ1n) is 9.31. The molecule has 0 amide bonds. The van der Waals surface area contributed by atoms with Gasteiger partial charge in [0.05, 0.1) is 37.2 Å². The van der Waals surface area contributed by atoms with Crippen LogP contribution in [0.3, 0.4) is 0 Å². The Labute approximate surface area is 172 Å². The molecule has 0 atom stereocenters. The molecular weight excluding hydrogens is 380 g/mol. The maximum atomic E-state index is 13.3. The van der Waals surface area contributed by atoms with Gasteiger partial charge in [0.15, 0.2) is 0 Å². The standard InChI is InChI=1S/C23H18N4O3/c1-30-19-10-8-18(9-11-19)15-27-22(28)20-3-2-12-25-21(20)26(23(27)29)14-17-6-4-16(13-24)5-7-17/h2-12H,14-15H2,1H3. The molecule has 0 fully saturated rings. The quantitative estimate of drug-likeness (QED) is 0.515. The predicted molar refractivity (Wildman–Crippen MR) is 113 cm³/mol. The van der Waals surface area contributed by atoms with Gasteiger partial charge in [0.25, 0.3) is 5.56 Å². The van der Waals surface area contributed by atoms with E-state index >= 15 is 0 Å². The van der Waals surface area contributed by atoms with Crippen LogP contribution in [0.15, 0.2) is 76.4 Å². The Kier molecular flexibility index (Phi) is 5.14. The van der Waals surface area contributed by atoms with Gasteiger partial charge in [-0.2, -0.15) is 5.26 Å². The Morgan fingerprint density at radius 2 is 1.57 bits per heavy atom. The molecule has 0 saturated heterocycles. The molecule has 148 valence electrons.